The summed E-state index contributed by atoms with van der Waals surface area (Å²) < 4.78 is 0. The van der Waals surface area contributed by atoms with E-state index in [4.69, 9.17) is 0 Å². The minimum absolute atomic E-state index is 0.261. The molecule has 0 atom stereocenters. The second kappa shape index (κ2) is 3.70. The van der Waals surface area contributed by atoms with E-state index >= 15 is 0 Å². The highest BCUT2D eigenvalue weighted by Crippen LogP contribution is 2.28. The van der Waals surface area contributed by atoms with Crippen molar-refractivity contribution in [2.24, 2.45) is 5.92 Å². The van der Waals surface area contributed by atoms with E-state index in [0.29, 0.717) is 5.92 Å². The van der Waals surface area contributed by atoms with Crippen molar-refractivity contribution < 1.29 is 4.79 Å². The number of hydrogen-bond donors (Lipinski definition) is 0. The second-order valence-corrected chi connectivity index (χ2v) is 3.56. The number of ketones is 1. The molecule has 0 amide bonds. The third kappa shape index (κ3) is 2.49. The highest BCUT2D eigenvalue weighted by Gasteiger charge is 2.18. The first-order valence-corrected chi connectivity index (χ1v) is 4.39. The quantitative estimate of drug-likeness (QED) is 0.568. The Hall–Kier alpha value is -0.590. The van der Waals surface area contributed by atoms with Crippen LogP contribution in [0.4, 0.5) is 0 Å². The van der Waals surface area contributed by atoms with Gasteiger partial charge in [-0.1, -0.05) is 32.3 Å². The predicted octanol–water partition coefficient (Wildman–Crippen LogP) is 2.71. The molecule has 0 aliphatic heterocycles. The molecule has 11 heavy (non-hydrogen) atoms. The summed E-state index contributed by atoms with van der Waals surface area (Å²) in [6, 6.07) is 0. The monoisotopic (exact) mass is 152 g/mol. The van der Waals surface area contributed by atoms with Gasteiger partial charge in [-0.25, -0.2) is 0 Å². The summed E-state index contributed by atoms with van der Waals surface area (Å²) in [7, 11) is 0. The molecule has 0 radical (unpaired) electrons. The van der Waals surface area contributed by atoms with Gasteiger partial charge in [0.15, 0.2) is 5.78 Å². The van der Waals surface area contributed by atoms with Crippen LogP contribution in [-0.4, -0.2) is 5.78 Å². The van der Waals surface area contributed by atoms with Crippen LogP contribution in [-0.2, 0) is 4.79 Å². The summed E-state index contributed by atoms with van der Waals surface area (Å²) in [5.41, 5.74) is 0.719. The van der Waals surface area contributed by atoms with E-state index in [0.717, 1.165) is 12.0 Å². The number of Topliss-reactive ketones (excluding diaryl/α,β-unsaturated/α-hetero) is 1. The molecule has 1 nitrogen and oxygen atoms in total. The summed E-state index contributed by atoms with van der Waals surface area (Å²) >= 11 is 0. The summed E-state index contributed by atoms with van der Waals surface area (Å²) in [4.78, 5) is 11.2. The molecular weight excluding hydrogens is 136 g/mol. The molecule has 1 aliphatic carbocycles. The Kier molecular flexibility index (Phi) is 2.86. The Balaban J connectivity index is 2.29. The molecule has 0 N–H and O–H groups in total. The van der Waals surface area contributed by atoms with Crippen molar-refractivity contribution in [1.82, 2.24) is 0 Å². The van der Waals surface area contributed by atoms with E-state index in [9.17, 15) is 4.79 Å². The summed E-state index contributed by atoms with van der Waals surface area (Å²) in [5, 5.41) is 0. The topological polar surface area (TPSA) is 17.1 Å². The molecule has 1 fully saturated rings. The van der Waals surface area contributed by atoms with Crippen LogP contribution in [0.3, 0.4) is 0 Å². The van der Waals surface area contributed by atoms with Crippen LogP contribution in [0.5, 0.6) is 0 Å². The zero-order valence-corrected chi connectivity index (χ0v) is 7.23. The molecule has 62 valence electrons. The van der Waals surface area contributed by atoms with Gasteiger partial charge in [0, 0.05) is 6.42 Å². The van der Waals surface area contributed by atoms with Crippen LogP contribution < -0.4 is 0 Å². The molecule has 0 unspecified atom stereocenters. The van der Waals surface area contributed by atoms with Gasteiger partial charge in [0.1, 0.15) is 0 Å². The Morgan fingerprint density at radius 1 is 1.45 bits per heavy atom. The van der Waals surface area contributed by atoms with Gasteiger partial charge in [0.05, 0.1) is 0 Å². The highest BCUT2D eigenvalue weighted by molar-refractivity contribution is 5.94. The highest BCUT2D eigenvalue weighted by atomic mass is 16.1. The van der Waals surface area contributed by atoms with Gasteiger partial charge in [-0.3, -0.25) is 4.79 Å². The fourth-order valence-electron chi connectivity index (χ4n) is 1.65. The molecule has 0 aromatic rings. The number of hydrogen-bond acceptors (Lipinski definition) is 1. The van der Waals surface area contributed by atoms with E-state index in [2.05, 4.69) is 6.58 Å². The summed E-state index contributed by atoms with van der Waals surface area (Å²) in [6.07, 6.45) is 5.87. The first-order chi connectivity index (χ1) is 5.20. The maximum absolute atomic E-state index is 11.2. The van der Waals surface area contributed by atoms with Crippen LogP contribution >= 0.6 is 0 Å². The van der Waals surface area contributed by atoms with E-state index in [-0.39, 0.29) is 5.78 Å². The van der Waals surface area contributed by atoms with Gasteiger partial charge in [-0.05, 0) is 18.4 Å². The molecule has 0 saturated heterocycles. The van der Waals surface area contributed by atoms with Crippen molar-refractivity contribution in [1.29, 1.82) is 0 Å². The number of allylic oxidation sites excluding steroid dienone is 1. The van der Waals surface area contributed by atoms with E-state index in [1.54, 1.807) is 6.92 Å². The Morgan fingerprint density at radius 3 is 2.45 bits per heavy atom. The summed E-state index contributed by atoms with van der Waals surface area (Å²) in [5.74, 6) is 0.927. The van der Waals surface area contributed by atoms with E-state index in [1.165, 1.54) is 25.7 Å². The van der Waals surface area contributed by atoms with Gasteiger partial charge in [0.25, 0.3) is 0 Å². The van der Waals surface area contributed by atoms with Crippen LogP contribution in [0, 0.1) is 5.92 Å². The lowest BCUT2D eigenvalue weighted by atomic mass is 9.98. The predicted molar refractivity (Wildman–Crippen MR) is 46.4 cm³/mol. The van der Waals surface area contributed by atoms with Crippen molar-refractivity contribution in [2.75, 3.05) is 0 Å². The van der Waals surface area contributed by atoms with Gasteiger partial charge in [-0.2, -0.15) is 0 Å². The number of rotatable bonds is 3. The van der Waals surface area contributed by atoms with E-state index < -0.39 is 0 Å². The van der Waals surface area contributed by atoms with Crippen LogP contribution in [0.15, 0.2) is 12.2 Å². The zero-order chi connectivity index (χ0) is 8.27. The summed E-state index contributed by atoms with van der Waals surface area (Å²) in [6.45, 7) is 5.45. The van der Waals surface area contributed by atoms with Crippen molar-refractivity contribution in [2.45, 2.75) is 39.0 Å². The zero-order valence-electron chi connectivity index (χ0n) is 7.23. The molecule has 0 aromatic carbocycles. The molecular formula is C10H16O. The smallest absolute Gasteiger partial charge is 0.158 e. The fraction of sp³-hybridized carbons (Fsp3) is 0.700. The third-order valence-corrected chi connectivity index (χ3v) is 2.42. The standard InChI is InChI=1S/C10H16O/c1-8(2)10(11)7-9-5-3-4-6-9/h9H,1,3-7H2,2H3. The SMILES string of the molecule is C=C(C)C(=O)CC1CCCC1. The Morgan fingerprint density at radius 2 is 2.00 bits per heavy atom. The molecule has 1 saturated carbocycles. The lowest BCUT2D eigenvalue weighted by molar-refractivity contribution is -0.116. The maximum atomic E-state index is 11.2. The van der Waals surface area contributed by atoms with Crippen molar-refractivity contribution in [3.63, 3.8) is 0 Å². The first-order valence-electron chi connectivity index (χ1n) is 4.39. The molecule has 1 aliphatic rings. The van der Waals surface area contributed by atoms with Crippen molar-refractivity contribution >= 4 is 5.78 Å². The maximum Gasteiger partial charge on any atom is 0.158 e. The van der Waals surface area contributed by atoms with Crippen LogP contribution in [0.1, 0.15) is 39.0 Å². The van der Waals surface area contributed by atoms with Crippen LogP contribution in [0.25, 0.3) is 0 Å². The largest absolute Gasteiger partial charge is 0.295 e. The van der Waals surface area contributed by atoms with Gasteiger partial charge in [0.2, 0.25) is 0 Å². The van der Waals surface area contributed by atoms with Crippen molar-refractivity contribution in [3.05, 3.63) is 12.2 Å². The third-order valence-electron chi connectivity index (χ3n) is 2.42. The van der Waals surface area contributed by atoms with Crippen LogP contribution in [0.2, 0.25) is 0 Å². The fourth-order valence-corrected chi connectivity index (χ4v) is 1.65. The average Bonchev–Trinajstić information content (AvgIpc) is 2.39. The number of carbonyl (C=O) groups excluding carboxylic acids is 1. The van der Waals surface area contributed by atoms with Gasteiger partial charge in [-0.15, -0.1) is 0 Å². The molecule has 0 aromatic heterocycles. The lowest BCUT2D eigenvalue weighted by Crippen LogP contribution is -2.05. The molecule has 1 heteroatoms. The average molecular weight is 152 g/mol. The molecule has 1 rings (SSSR count). The molecule has 0 bridgehead atoms. The molecule has 0 heterocycles. The minimum atomic E-state index is 0.261. The minimum Gasteiger partial charge on any atom is -0.295 e. The van der Waals surface area contributed by atoms with E-state index in [1.807, 2.05) is 0 Å². The Labute approximate surface area is 68.5 Å². The molecule has 0 spiro atoms. The number of carbonyl (C=O) groups is 1. The normalized spacial score (nSPS) is 18.6. The first kappa shape index (κ1) is 8.51. The lowest BCUT2D eigenvalue weighted by Gasteiger charge is -2.06. The van der Waals surface area contributed by atoms with Gasteiger partial charge >= 0.3 is 0 Å². The Bertz CT molecular complexity index is 164. The van der Waals surface area contributed by atoms with Crippen molar-refractivity contribution in [3.8, 4) is 0 Å². The van der Waals surface area contributed by atoms with Gasteiger partial charge < -0.3 is 0 Å². The second-order valence-electron chi connectivity index (χ2n) is 3.56.